The van der Waals surface area contributed by atoms with Crippen molar-refractivity contribution in [2.45, 2.75) is 32.2 Å². The van der Waals surface area contributed by atoms with E-state index in [2.05, 4.69) is 10.6 Å². The number of carbonyl (C=O) groups excluding carboxylic acids is 1. The summed E-state index contributed by atoms with van der Waals surface area (Å²) in [5.74, 6) is -0.979. The predicted molar refractivity (Wildman–Crippen MR) is 74.0 cm³/mol. The van der Waals surface area contributed by atoms with Gasteiger partial charge in [-0.15, -0.1) is 0 Å². The van der Waals surface area contributed by atoms with E-state index >= 15 is 0 Å². The minimum absolute atomic E-state index is 0.0484. The van der Waals surface area contributed by atoms with E-state index in [1.54, 1.807) is 0 Å². The summed E-state index contributed by atoms with van der Waals surface area (Å²) in [5.41, 5.74) is -0.158. The van der Waals surface area contributed by atoms with Crippen LogP contribution in [0.4, 0.5) is 10.5 Å². The van der Waals surface area contributed by atoms with Gasteiger partial charge in [-0.2, -0.15) is 0 Å². The second kappa shape index (κ2) is 5.81. The first-order valence-corrected chi connectivity index (χ1v) is 6.60. The first-order chi connectivity index (χ1) is 9.47. The van der Waals surface area contributed by atoms with Crippen LogP contribution in [0, 0.1) is 5.92 Å². The molecule has 1 aliphatic rings. The summed E-state index contributed by atoms with van der Waals surface area (Å²) in [6.45, 7) is 1.92. The number of amides is 2. The molecule has 0 spiro atoms. The molecule has 0 saturated heterocycles. The summed E-state index contributed by atoms with van der Waals surface area (Å²) in [6, 6.07) is 3.79. The monoisotopic (exact) mass is 278 g/mol. The Hall–Kier alpha value is -2.24. The molecule has 2 amide bonds. The Morgan fingerprint density at radius 2 is 2.10 bits per heavy atom. The molecule has 0 heterocycles. The van der Waals surface area contributed by atoms with E-state index in [-0.39, 0.29) is 17.3 Å². The highest BCUT2D eigenvalue weighted by atomic mass is 16.4. The van der Waals surface area contributed by atoms with Crippen LogP contribution in [-0.4, -0.2) is 28.3 Å². The van der Waals surface area contributed by atoms with Gasteiger partial charge < -0.3 is 20.8 Å². The van der Waals surface area contributed by atoms with Gasteiger partial charge in [0.25, 0.3) is 0 Å². The average molecular weight is 278 g/mol. The normalized spacial score (nSPS) is 15.4. The Balaban J connectivity index is 1.96. The number of benzene rings is 1. The Kier molecular flexibility index (Phi) is 4.12. The van der Waals surface area contributed by atoms with Crippen LogP contribution in [0.25, 0.3) is 0 Å². The van der Waals surface area contributed by atoms with Crippen LogP contribution in [0.5, 0.6) is 5.75 Å². The highest BCUT2D eigenvalue weighted by Crippen LogP contribution is 2.33. The molecule has 6 nitrogen and oxygen atoms in total. The highest BCUT2D eigenvalue weighted by Gasteiger charge is 2.24. The number of anilines is 1. The number of carbonyl (C=O) groups is 2. The predicted octanol–water partition coefficient (Wildman–Crippen LogP) is 2.40. The molecule has 1 fully saturated rings. The molecule has 1 aromatic carbocycles. The summed E-state index contributed by atoms with van der Waals surface area (Å²) < 4.78 is 0. The molecule has 1 aliphatic carbocycles. The lowest BCUT2D eigenvalue weighted by atomic mass is 10.1. The maximum absolute atomic E-state index is 11.8. The summed E-state index contributed by atoms with van der Waals surface area (Å²) in [4.78, 5) is 22.7. The van der Waals surface area contributed by atoms with Crippen molar-refractivity contribution in [3.8, 4) is 5.75 Å². The Morgan fingerprint density at radius 1 is 1.40 bits per heavy atom. The molecule has 6 heteroatoms. The van der Waals surface area contributed by atoms with Crippen LogP contribution in [0.1, 0.15) is 36.5 Å². The van der Waals surface area contributed by atoms with Gasteiger partial charge in [0.15, 0.2) is 5.75 Å². The molecule has 108 valence electrons. The van der Waals surface area contributed by atoms with Crippen LogP contribution >= 0.6 is 0 Å². The minimum atomic E-state index is -1.24. The maximum atomic E-state index is 11.8. The van der Waals surface area contributed by atoms with Gasteiger partial charge in [-0.1, -0.05) is 18.9 Å². The van der Waals surface area contributed by atoms with Gasteiger partial charge in [-0.25, -0.2) is 9.59 Å². The fourth-order valence-corrected chi connectivity index (χ4v) is 2.11. The molecular weight excluding hydrogens is 260 g/mol. The number of aromatic hydroxyl groups is 1. The first-order valence-electron chi connectivity index (χ1n) is 6.60. The molecule has 0 bridgehead atoms. The Labute approximate surface area is 116 Å². The molecular formula is C14H18N2O4. The zero-order valence-corrected chi connectivity index (χ0v) is 11.2. The van der Waals surface area contributed by atoms with Crippen molar-refractivity contribution in [1.29, 1.82) is 0 Å². The number of urea groups is 1. The fraction of sp³-hybridized carbons (Fsp3) is 0.429. The molecule has 0 aliphatic heterocycles. The van der Waals surface area contributed by atoms with E-state index in [0.29, 0.717) is 5.92 Å². The minimum Gasteiger partial charge on any atom is -0.505 e. The molecule has 0 radical (unpaired) electrons. The van der Waals surface area contributed by atoms with Gasteiger partial charge in [0.2, 0.25) is 0 Å². The SMILES string of the molecule is CC(CC1CC1)NC(=O)Nc1cccc(C(=O)O)c1O. The third-order valence-electron chi connectivity index (χ3n) is 3.28. The molecule has 1 unspecified atom stereocenters. The number of nitrogens with one attached hydrogen (secondary N) is 2. The van der Waals surface area contributed by atoms with Gasteiger partial charge in [-0.05, 0) is 31.4 Å². The summed E-state index contributed by atoms with van der Waals surface area (Å²) in [5, 5.41) is 23.9. The van der Waals surface area contributed by atoms with Crippen molar-refractivity contribution in [1.82, 2.24) is 5.32 Å². The Morgan fingerprint density at radius 3 is 2.70 bits per heavy atom. The van der Waals surface area contributed by atoms with Gasteiger partial charge >= 0.3 is 12.0 Å². The molecule has 1 atom stereocenters. The third kappa shape index (κ3) is 3.63. The maximum Gasteiger partial charge on any atom is 0.339 e. The topological polar surface area (TPSA) is 98.7 Å². The molecule has 1 saturated carbocycles. The molecule has 1 aromatic rings. The smallest absolute Gasteiger partial charge is 0.339 e. The Bertz CT molecular complexity index is 526. The van der Waals surface area contributed by atoms with E-state index in [1.807, 2.05) is 6.92 Å². The number of para-hydroxylation sites is 1. The van der Waals surface area contributed by atoms with Crippen molar-refractivity contribution < 1.29 is 19.8 Å². The van der Waals surface area contributed by atoms with Gasteiger partial charge in [0.05, 0.1) is 5.69 Å². The summed E-state index contributed by atoms with van der Waals surface area (Å²) >= 11 is 0. The van der Waals surface area contributed by atoms with E-state index < -0.39 is 17.7 Å². The fourth-order valence-electron chi connectivity index (χ4n) is 2.11. The quantitative estimate of drug-likeness (QED) is 0.621. The van der Waals surface area contributed by atoms with Crippen molar-refractivity contribution in [3.63, 3.8) is 0 Å². The number of hydrogen-bond acceptors (Lipinski definition) is 3. The molecule has 20 heavy (non-hydrogen) atoms. The van der Waals surface area contributed by atoms with Crippen LogP contribution in [0.2, 0.25) is 0 Å². The second-order valence-electron chi connectivity index (χ2n) is 5.19. The summed E-state index contributed by atoms with van der Waals surface area (Å²) in [7, 11) is 0. The largest absolute Gasteiger partial charge is 0.505 e. The standard InChI is InChI=1S/C14H18N2O4/c1-8(7-9-5-6-9)15-14(20)16-11-4-2-3-10(12(11)17)13(18)19/h2-4,8-9,17H,5-7H2,1H3,(H,18,19)(H2,15,16,20). The van der Waals surface area contributed by atoms with Crippen LogP contribution in [0.15, 0.2) is 18.2 Å². The average Bonchev–Trinajstić information content (AvgIpc) is 3.14. The third-order valence-corrected chi connectivity index (χ3v) is 3.28. The van der Waals surface area contributed by atoms with E-state index in [4.69, 9.17) is 5.11 Å². The molecule has 2 rings (SSSR count). The summed E-state index contributed by atoms with van der Waals surface area (Å²) in [6.07, 6.45) is 3.37. The number of rotatable bonds is 5. The highest BCUT2D eigenvalue weighted by molar-refractivity contribution is 5.97. The van der Waals surface area contributed by atoms with Crippen LogP contribution < -0.4 is 10.6 Å². The van der Waals surface area contributed by atoms with E-state index in [1.165, 1.54) is 31.0 Å². The number of hydrogen-bond donors (Lipinski definition) is 4. The second-order valence-corrected chi connectivity index (χ2v) is 5.19. The molecule has 4 N–H and O–H groups in total. The van der Waals surface area contributed by atoms with Gasteiger partial charge in [0, 0.05) is 6.04 Å². The molecule has 0 aromatic heterocycles. The van der Waals surface area contributed by atoms with E-state index in [0.717, 1.165) is 6.42 Å². The lowest BCUT2D eigenvalue weighted by Crippen LogP contribution is -2.36. The van der Waals surface area contributed by atoms with Crippen molar-refractivity contribution in [3.05, 3.63) is 23.8 Å². The first kappa shape index (κ1) is 14.2. The zero-order chi connectivity index (χ0) is 14.7. The lowest BCUT2D eigenvalue weighted by molar-refractivity contribution is 0.0693. The number of phenols is 1. The van der Waals surface area contributed by atoms with Crippen LogP contribution in [0.3, 0.4) is 0 Å². The van der Waals surface area contributed by atoms with E-state index in [9.17, 15) is 14.7 Å². The number of carboxylic acid groups (broad SMARTS) is 1. The van der Waals surface area contributed by atoms with Crippen molar-refractivity contribution in [2.75, 3.05) is 5.32 Å². The van der Waals surface area contributed by atoms with Gasteiger partial charge in [-0.3, -0.25) is 0 Å². The van der Waals surface area contributed by atoms with Gasteiger partial charge in [0.1, 0.15) is 5.56 Å². The van der Waals surface area contributed by atoms with Crippen molar-refractivity contribution in [2.24, 2.45) is 5.92 Å². The lowest BCUT2D eigenvalue weighted by Gasteiger charge is -2.15. The van der Waals surface area contributed by atoms with Crippen LogP contribution in [-0.2, 0) is 0 Å². The van der Waals surface area contributed by atoms with Crippen molar-refractivity contribution >= 4 is 17.7 Å². The number of carboxylic acids is 1. The number of aromatic carboxylic acids is 1. The zero-order valence-electron chi connectivity index (χ0n) is 11.2.